The van der Waals surface area contributed by atoms with E-state index >= 15 is 0 Å². The fraction of sp³-hybridized carbons (Fsp3) is 0.448. The van der Waals surface area contributed by atoms with Crippen molar-refractivity contribution < 1.29 is 32.9 Å². The number of aromatic nitrogens is 1. The summed E-state index contributed by atoms with van der Waals surface area (Å²) in [5, 5.41) is 22.3. The number of aliphatic hydroxyl groups is 1. The first-order chi connectivity index (χ1) is 19.0. The van der Waals surface area contributed by atoms with Crippen molar-refractivity contribution in [3.8, 4) is 5.75 Å². The summed E-state index contributed by atoms with van der Waals surface area (Å²) in [6, 6.07) is 6.96. The van der Waals surface area contributed by atoms with Gasteiger partial charge in [0.1, 0.15) is 11.6 Å². The number of anilines is 1. The van der Waals surface area contributed by atoms with E-state index in [2.05, 4.69) is 9.88 Å². The number of aliphatic carboxylic acids is 1. The van der Waals surface area contributed by atoms with E-state index < -0.39 is 34.9 Å². The van der Waals surface area contributed by atoms with E-state index in [9.17, 15) is 28.2 Å². The maximum atomic E-state index is 13.9. The van der Waals surface area contributed by atoms with Crippen LogP contribution in [0.15, 0.2) is 41.4 Å². The van der Waals surface area contributed by atoms with Crippen molar-refractivity contribution in [2.75, 3.05) is 51.5 Å². The van der Waals surface area contributed by atoms with Gasteiger partial charge >= 0.3 is 5.97 Å². The van der Waals surface area contributed by atoms with Crippen molar-refractivity contribution in [2.24, 2.45) is 5.41 Å². The highest BCUT2D eigenvalue weighted by atomic mass is 32.2. The number of nitrogens with zero attached hydrogens (tertiary/aromatic N) is 3. The Morgan fingerprint density at radius 3 is 2.58 bits per heavy atom. The highest BCUT2D eigenvalue weighted by Crippen LogP contribution is 2.41. The van der Waals surface area contributed by atoms with Gasteiger partial charge in [0.2, 0.25) is 0 Å². The van der Waals surface area contributed by atoms with Crippen LogP contribution in [0, 0.1) is 22.9 Å². The third kappa shape index (κ3) is 6.47. The Morgan fingerprint density at radius 1 is 1.20 bits per heavy atom. The summed E-state index contributed by atoms with van der Waals surface area (Å²) in [6.45, 7) is 1.56. The summed E-state index contributed by atoms with van der Waals surface area (Å²) in [6.07, 6.45) is 2.13. The minimum absolute atomic E-state index is 0.0817. The average molecular weight is 578 g/mol. The number of pyridine rings is 1. The minimum atomic E-state index is -1.22. The van der Waals surface area contributed by atoms with Gasteiger partial charge in [0, 0.05) is 48.3 Å². The molecule has 11 heteroatoms. The van der Waals surface area contributed by atoms with Gasteiger partial charge in [-0.1, -0.05) is 0 Å². The second kappa shape index (κ2) is 12.7. The Kier molecular flexibility index (Phi) is 9.48. The smallest absolute Gasteiger partial charge is 0.309 e. The van der Waals surface area contributed by atoms with E-state index in [1.165, 1.54) is 0 Å². The summed E-state index contributed by atoms with van der Waals surface area (Å²) in [4.78, 5) is 20.8. The number of thioether (sulfide) groups is 1. The van der Waals surface area contributed by atoms with E-state index in [1.54, 1.807) is 19.4 Å². The molecule has 0 bridgehead atoms. The Bertz CT molecular complexity index is 1370. The molecule has 1 aliphatic heterocycles. The number of likely N-dealkylation sites (tertiary alicyclic amines) is 1. The summed E-state index contributed by atoms with van der Waals surface area (Å²) < 4.78 is 46.2. The standard InChI is InChI=1S/C29H34F3N3O4S/c1-34(2)23-17-33-22-5-4-19(39-3)16-20(22)26(23)24(36)6-7-29(28(37)38)8-10-35(11-9-29)12-13-40-25-15-18(30)14-21(31)27(25)32/h4-5,14-17,24,36H,6-13H2,1-3H3,(H,37,38)/t24-/m0/s1. The van der Waals surface area contributed by atoms with Gasteiger partial charge in [-0.05, 0) is 63.0 Å². The predicted octanol–water partition coefficient (Wildman–Crippen LogP) is 5.50. The van der Waals surface area contributed by atoms with Crippen molar-refractivity contribution in [1.82, 2.24) is 9.88 Å². The van der Waals surface area contributed by atoms with E-state index in [4.69, 9.17) is 4.74 Å². The van der Waals surface area contributed by atoms with Gasteiger partial charge in [0.25, 0.3) is 0 Å². The fourth-order valence-electron chi connectivity index (χ4n) is 5.27. The lowest BCUT2D eigenvalue weighted by Gasteiger charge is -2.39. The molecule has 1 aliphatic rings. The number of carboxylic acid groups (broad SMARTS) is 1. The number of halogens is 3. The van der Waals surface area contributed by atoms with Gasteiger partial charge in [-0.15, -0.1) is 11.8 Å². The van der Waals surface area contributed by atoms with Gasteiger partial charge in [-0.3, -0.25) is 9.78 Å². The van der Waals surface area contributed by atoms with Crippen LogP contribution in [0.2, 0.25) is 0 Å². The Balaban J connectivity index is 1.41. The van der Waals surface area contributed by atoms with Crippen LogP contribution in [-0.2, 0) is 4.79 Å². The first-order valence-electron chi connectivity index (χ1n) is 13.1. The topological polar surface area (TPSA) is 86.1 Å². The maximum Gasteiger partial charge on any atom is 0.309 e. The number of aliphatic hydroxyl groups excluding tert-OH is 1. The molecule has 2 N–H and O–H groups in total. The molecule has 0 unspecified atom stereocenters. The molecule has 0 radical (unpaired) electrons. The molecule has 2 aromatic carbocycles. The number of benzene rings is 2. The lowest BCUT2D eigenvalue weighted by atomic mass is 9.74. The molecule has 1 atom stereocenters. The molecule has 0 aliphatic carbocycles. The predicted molar refractivity (Wildman–Crippen MR) is 150 cm³/mol. The molecule has 216 valence electrons. The van der Waals surface area contributed by atoms with E-state index in [1.807, 2.05) is 31.1 Å². The molecule has 0 saturated carbocycles. The number of methoxy groups -OCH3 is 1. The first-order valence-corrected chi connectivity index (χ1v) is 14.1. The van der Waals surface area contributed by atoms with Crippen molar-refractivity contribution in [3.05, 3.63) is 59.5 Å². The van der Waals surface area contributed by atoms with Crippen molar-refractivity contribution in [3.63, 3.8) is 0 Å². The molecule has 7 nitrogen and oxygen atoms in total. The molecular weight excluding hydrogens is 543 g/mol. The van der Waals surface area contributed by atoms with Crippen molar-refractivity contribution in [1.29, 1.82) is 0 Å². The molecule has 4 rings (SSSR count). The molecule has 3 aromatic rings. The number of carboxylic acids is 1. The number of fused-ring (bicyclic) bond motifs is 1. The molecule has 1 aromatic heterocycles. The zero-order valence-electron chi connectivity index (χ0n) is 22.8. The van der Waals surface area contributed by atoms with Crippen LogP contribution in [0.4, 0.5) is 18.9 Å². The van der Waals surface area contributed by atoms with Crippen LogP contribution >= 0.6 is 11.8 Å². The normalized spacial score (nSPS) is 16.2. The Morgan fingerprint density at radius 2 is 1.93 bits per heavy atom. The van der Waals surface area contributed by atoms with Crippen molar-refractivity contribution in [2.45, 2.75) is 36.7 Å². The largest absolute Gasteiger partial charge is 0.497 e. The SMILES string of the molecule is COc1ccc2ncc(N(C)C)c([C@@H](O)CCC3(C(=O)O)CCN(CCSc4cc(F)cc(F)c4F)CC3)c2c1. The zero-order chi connectivity index (χ0) is 29.0. The van der Waals surface area contributed by atoms with Crippen molar-refractivity contribution >= 4 is 34.3 Å². The van der Waals surface area contributed by atoms with Gasteiger partial charge in [0.15, 0.2) is 11.6 Å². The van der Waals surface area contributed by atoms with Crippen LogP contribution in [0.1, 0.15) is 37.4 Å². The minimum Gasteiger partial charge on any atom is -0.497 e. The quantitative estimate of drug-likeness (QED) is 0.228. The van der Waals surface area contributed by atoms with Crippen LogP contribution < -0.4 is 9.64 Å². The summed E-state index contributed by atoms with van der Waals surface area (Å²) in [5.41, 5.74) is 1.16. The van der Waals surface area contributed by atoms with Crippen LogP contribution in [0.3, 0.4) is 0 Å². The van der Waals surface area contributed by atoms with E-state index in [-0.39, 0.29) is 11.3 Å². The maximum absolute atomic E-state index is 13.9. The highest BCUT2D eigenvalue weighted by Gasteiger charge is 2.41. The van der Waals surface area contributed by atoms with Gasteiger partial charge in [-0.25, -0.2) is 13.2 Å². The Labute approximate surface area is 235 Å². The monoisotopic (exact) mass is 577 g/mol. The molecule has 40 heavy (non-hydrogen) atoms. The Hall–Kier alpha value is -3.02. The first kappa shape index (κ1) is 30.0. The van der Waals surface area contributed by atoms with E-state index in [0.29, 0.717) is 67.5 Å². The van der Waals surface area contributed by atoms with Crippen LogP contribution in [0.5, 0.6) is 5.75 Å². The number of hydrogen-bond donors (Lipinski definition) is 2. The average Bonchev–Trinajstić information content (AvgIpc) is 2.93. The fourth-order valence-corrected chi connectivity index (χ4v) is 6.26. The number of carbonyl (C=O) groups is 1. The molecule has 1 fully saturated rings. The number of hydrogen-bond acceptors (Lipinski definition) is 7. The van der Waals surface area contributed by atoms with E-state index in [0.717, 1.165) is 28.9 Å². The third-order valence-electron chi connectivity index (χ3n) is 7.70. The molecule has 2 heterocycles. The number of ether oxygens (including phenoxy) is 1. The molecule has 0 spiro atoms. The molecule has 1 saturated heterocycles. The van der Waals surface area contributed by atoms with Crippen LogP contribution in [-0.4, -0.2) is 72.7 Å². The lowest BCUT2D eigenvalue weighted by molar-refractivity contribution is -0.153. The highest BCUT2D eigenvalue weighted by molar-refractivity contribution is 7.99. The zero-order valence-corrected chi connectivity index (χ0v) is 23.6. The molecule has 0 amide bonds. The second-order valence-electron chi connectivity index (χ2n) is 10.4. The summed E-state index contributed by atoms with van der Waals surface area (Å²) in [5.74, 6) is -2.96. The summed E-state index contributed by atoms with van der Waals surface area (Å²) in [7, 11) is 5.30. The van der Waals surface area contributed by atoms with Crippen LogP contribution in [0.25, 0.3) is 10.9 Å². The number of rotatable bonds is 11. The lowest BCUT2D eigenvalue weighted by Crippen LogP contribution is -2.45. The molecular formula is C29H34F3N3O4S. The van der Waals surface area contributed by atoms with Gasteiger partial charge in [-0.2, -0.15) is 0 Å². The number of piperidine rings is 1. The van der Waals surface area contributed by atoms with Gasteiger partial charge < -0.3 is 24.7 Å². The second-order valence-corrected chi connectivity index (χ2v) is 11.5. The van der Waals surface area contributed by atoms with Gasteiger partial charge in [0.05, 0.1) is 36.0 Å². The third-order valence-corrected chi connectivity index (χ3v) is 8.69. The summed E-state index contributed by atoms with van der Waals surface area (Å²) >= 11 is 1.03.